The molecule has 1 aliphatic rings. The smallest absolute Gasteiger partial charge is 0.256 e. The zero-order valence-corrected chi connectivity index (χ0v) is 20.5. The van der Waals surface area contributed by atoms with Crippen molar-refractivity contribution >= 4 is 43.8 Å². The van der Waals surface area contributed by atoms with Gasteiger partial charge in [0.15, 0.2) is 0 Å². The van der Waals surface area contributed by atoms with Crippen molar-refractivity contribution in [2.75, 3.05) is 11.9 Å². The van der Waals surface area contributed by atoms with Crippen molar-refractivity contribution in [3.05, 3.63) is 64.5 Å². The number of hydrogen-bond acceptors (Lipinski definition) is 5. The van der Waals surface area contributed by atoms with Gasteiger partial charge in [0, 0.05) is 16.0 Å². The van der Waals surface area contributed by atoms with Crippen LogP contribution in [-0.2, 0) is 12.8 Å². The number of nitrogens with zero attached hydrogens (tertiary/aromatic N) is 1. The first kappa shape index (κ1) is 22.1. The number of unbranched alkanes of at least 4 members (excludes halogenated alkanes) is 2. The Morgan fingerprint density at radius 2 is 1.85 bits per heavy atom. The van der Waals surface area contributed by atoms with Crippen LogP contribution in [0.25, 0.3) is 20.8 Å². The maximum atomic E-state index is 13.1. The zero-order chi connectivity index (χ0) is 22.6. The fraction of sp³-hybridized carbons (Fsp3) is 0.333. The van der Waals surface area contributed by atoms with Gasteiger partial charge in [-0.05, 0) is 74.1 Å². The first-order valence-electron chi connectivity index (χ1n) is 11.8. The predicted molar refractivity (Wildman–Crippen MR) is 139 cm³/mol. The molecule has 4 nitrogen and oxygen atoms in total. The van der Waals surface area contributed by atoms with Crippen molar-refractivity contribution in [3.8, 4) is 16.3 Å². The van der Waals surface area contributed by atoms with Gasteiger partial charge in [0.2, 0.25) is 0 Å². The molecule has 0 atom stereocenters. The first-order valence-corrected chi connectivity index (χ1v) is 13.4. The van der Waals surface area contributed by atoms with Crippen LogP contribution >= 0.6 is 22.7 Å². The molecule has 0 saturated heterocycles. The van der Waals surface area contributed by atoms with Gasteiger partial charge >= 0.3 is 0 Å². The van der Waals surface area contributed by atoms with Gasteiger partial charge in [-0.1, -0.05) is 31.9 Å². The molecular formula is C27H28N2O2S2. The number of benzene rings is 2. The fourth-order valence-electron chi connectivity index (χ4n) is 4.28. The summed E-state index contributed by atoms with van der Waals surface area (Å²) < 4.78 is 6.96. The van der Waals surface area contributed by atoms with Crippen LogP contribution in [0.3, 0.4) is 0 Å². The number of fused-ring (bicyclic) bond motifs is 2. The van der Waals surface area contributed by atoms with E-state index < -0.39 is 0 Å². The second-order valence-corrected chi connectivity index (χ2v) is 10.6. The van der Waals surface area contributed by atoms with Crippen LogP contribution in [0.5, 0.6) is 5.75 Å². The summed E-state index contributed by atoms with van der Waals surface area (Å²) in [5.41, 5.74) is 4.15. The summed E-state index contributed by atoms with van der Waals surface area (Å²) in [5, 5.41) is 5.14. The highest BCUT2D eigenvalue weighted by Crippen LogP contribution is 2.46. The summed E-state index contributed by atoms with van der Waals surface area (Å²) in [6.07, 6.45) is 7.93. The van der Waals surface area contributed by atoms with Crippen LogP contribution in [0.1, 0.15) is 59.8 Å². The third-order valence-electron chi connectivity index (χ3n) is 6.04. The molecule has 0 spiro atoms. The van der Waals surface area contributed by atoms with E-state index in [0.717, 1.165) is 46.1 Å². The topological polar surface area (TPSA) is 51.2 Å². The molecule has 1 N–H and O–H groups in total. The number of thiazole rings is 1. The molecule has 0 aliphatic heterocycles. The van der Waals surface area contributed by atoms with Crippen LogP contribution in [0, 0.1) is 0 Å². The number of carbonyl (C=O) groups excluding carboxylic acids is 1. The number of amides is 1. The van der Waals surface area contributed by atoms with Gasteiger partial charge in [-0.15, -0.1) is 22.7 Å². The molecule has 0 fully saturated rings. The van der Waals surface area contributed by atoms with Gasteiger partial charge in [-0.3, -0.25) is 4.79 Å². The molecule has 6 heteroatoms. The largest absolute Gasteiger partial charge is 0.494 e. The SMILES string of the molecule is CCCCCOc1ccc(C(=O)Nc2sc3c(c2-c2nc4ccccc4s2)CCCC3)cc1. The summed E-state index contributed by atoms with van der Waals surface area (Å²) >= 11 is 3.42. The Bertz CT molecular complexity index is 1220. The standard InChI is InChI=1S/C27H28N2O2S2/c1-2-3-8-17-31-19-15-13-18(14-16-19)25(30)29-27-24(20-9-4-6-11-22(20)32-27)26-28-21-10-5-7-12-23(21)33-26/h5,7,10,12-16H,2-4,6,8-9,11,17H2,1H3,(H,29,30). The molecule has 2 aromatic carbocycles. The maximum absolute atomic E-state index is 13.1. The van der Waals surface area contributed by atoms with Crippen LogP contribution < -0.4 is 10.1 Å². The van der Waals surface area contributed by atoms with Crippen LogP contribution in [-0.4, -0.2) is 17.5 Å². The Kier molecular flexibility index (Phi) is 6.74. The molecule has 0 saturated carbocycles. The van der Waals surface area contributed by atoms with E-state index in [1.54, 1.807) is 22.7 Å². The van der Waals surface area contributed by atoms with E-state index in [-0.39, 0.29) is 5.91 Å². The van der Waals surface area contributed by atoms with Crippen LogP contribution in [0.4, 0.5) is 5.00 Å². The summed E-state index contributed by atoms with van der Waals surface area (Å²) in [4.78, 5) is 19.4. The van der Waals surface area contributed by atoms with E-state index in [0.29, 0.717) is 12.2 Å². The lowest BCUT2D eigenvalue weighted by Crippen LogP contribution is -2.11. The summed E-state index contributed by atoms with van der Waals surface area (Å²) in [6.45, 7) is 2.89. The summed E-state index contributed by atoms with van der Waals surface area (Å²) in [5.74, 6) is 0.720. The molecule has 33 heavy (non-hydrogen) atoms. The van der Waals surface area contributed by atoms with E-state index in [1.165, 1.54) is 40.8 Å². The highest BCUT2D eigenvalue weighted by Gasteiger charge is 2.25. The van der Waals surface area contributed by atoms with Crippen molar-refractivity contribution in [1.82, 2.24) is 4.98 Å². The van der Waals surface area contributed by atoms with E-state index in [9.17, 15) is 4.79 Å². The number of ether oxygens (including phenoxy) is 1. The molecule has 2 aromatic heterocycles. The Balaban J connectivity index is 1.39. The molecule has 1 amide bonds. The molecule has 0 unspecified atom stereocenters. The number of nitrogens with one attached hydrogen (secondary N) is 1. The van der Waals surface area contributed by atoms with Crippen LogP contribution in [0.2, 0.25) is 0 Å². The average Bonchev–Trinajstić information content (AvgIpc) is 3.42. The molecule has 4 aromatic rings. The number of anilines is 1. The molecule has 2 heterocycles. The van der Waals surface area contributed by atoms with Gasteiger partial charge in [-0.25, -0.2) is 4.98 Å². The van der Waals surface area contributed by atoms with Crippen molar-refractivity contribution in [1.29, 1.82) is 0 Å². The summed E-state index contributed by atoms with van der Waals surface area (Å²) in [6, 6.07) is 15.7. The molecule has 0 radical (unpaired) electrons. The second kappa shape index (κ2) is 10.1. The molecule has 170 valence electrons. The van der Waals surface area contributed by atoms with Crippen LogP contribution in [0.15, 0.2) is 48.5 Å². The lowest BCUT2D eigenvalue weighted by Gasteiger charge is -2.12. The quantitative estimate of drug-likeness (QED) is 0.265. The number of carbonyl (C=O) groups is 1. The van der Waals surface area contributed by atoms with Gasteiger partial charge < -0.3 is 10.1 Å². The van der Waals surface area contributed by atoms with Crippen molar-refractivity contribution in [2.24, 2.45) is 0 Å². The minimum atomic E-state index is -0.0894. The number of aryl methyl sites for hydroxylation is 1. The Morgan fingerprint density at radius 1 is 1.03 bits per heavy atom. The highest BCUT2D eigenvalue weighted by molar-refractivity contribution is 7.23. The zero-order valence-electron chi connectivity index (χ0n) is 18.9. The third-order valence-corrected chi connectivity index (χ3v) is 8.30. The van der Waals surface area contributed by atoms with Crippen molar-refractivity contribution in [3.63, 3.8) is 0 Å². The molecular weight excluding hydrogens is 448 g/mol. The van der Waals surface area contributed by atoms with E-state index in [4.69, 9.17) is 9.72 Å². The van der Waals surface area contributed by atoms with Gasteiger partial charge in [-0.2, -0.15) is 0 Å². The lowest BCUT2D eigenvalue weighted by molar-refractivity contribution is 0.102. The minimum absolute atomic E-state index is 0.0894. The third kappa shape index (κ3) is 4.82. The van der Waals surface area contributed by atoms with Gasteiger partial charge in [0.1, 0.15) is 15.8 Å². The number of rotatable bonds is 8. The minimum Gasteiger partial charge on any atom is -0.494 e. The first-order chi connectivity index (χ1) is 16.2. The normalized spacial score (nSPS) is 13.1. The summed E-state index contributed by atoms with van der Waals surface area (Å²) in [7, 11) is 0. The molecule has 5 rings (SSSR count). The molecule has 0 bridgehead atoms. The van der Waals surface area contributed by atoms with E-state index in [1.807, 2.05) is 36.4 Å². The number of aromatic nitrogens is 1. The molecule has 1 aliphatic carbocycles. The van der Waals surface area contributed by atoms with Crippen molar-refractivity contribution in [2.45, 2.75) is 51.9 Å². The monoisotopic (exact) mass is 476 g/mol. The lowest BCUT2D eigenvalue weighted by atomic mass is 9.95. The van der Waals surface area contributed by atoms with Gasteiger partial charge in [0.25, 0.3) is 5.91 Å². The number of para-hydroxylation sites is 1. The number of thiophene rings is 1. The number of hydrogen-bond donors (Lipinski definition) is 1. The highest BCUT2D eigenvalue weighted by atomic mass is 32.1. The average molecular weight is 477 g/mol. The maximum Gasteiger partial charge on any atom is 0.256 e. The van der Waals surface area contributed by atoms with E-state index >= 15 is 0 Å². The second-order valence-electron chi connectivity index (χ2n) is 8.44. The fourth-order valence-corrected chi connectivity index (χ4v) is 6.67. The Morgan fingerprint density at radius 3 is 2.67 bits per heavy atom. The Hall–Kier alpha value is -2.70. The Labute approximate surface area is 202 Å². The van der Waals surface area contributed by atoms with Gasteiger partial charge in [0.05, 0.1) is 16.8 Å². The predicted octanol–water partition coefficient (Wildman–Crippen LogP) is 7.72. The van der Waals surface area contributed by atoms with E-state index in [2.05, 4.69) is 24.4 Å². The van der Waals surface area contributed by atoms with Crippen molar-refractivity contribution < 1.29 is 9.53 Å².